The van der Waals surface area contributed by atoms with E-state index in [0.717, 1.165) is 38.6 Å². The van der Waals surface area contributed by atoms with Crippen LogP contribution in [0, 0.1) is 0 Å². The number of rotatable bonds is 7. The lowest BCUT2D eigenvalue weighted by Gasteiger charge is -2.31. The van der Waals surface area contributed by atoms with Gasteiger partial charge in [-0.05, 0) is 28.5 Å². The standard InChI is InChI=1S/C21H28N2O3.ClH/c1-3-21(24)22-14-17(15-23-9-11-26-12-10-23)19-6-4-5-16-7-8-18(25-2)13-20(16)19;/h4-8,13,17H,3,9-12,14-15H2,1-2H3,(H,22,24);1H. The predicted octanol–water partition coefficient (Wildman–Crippen LogP) is 3.21. The minimum Gasteiger partial charge on any atom is -0.497 e. The minimum atomic E-state index is 0. The molecule has 1 aliphatic heterocycles. The zero-order valence-electron chi connectivity index (χ0n) is 16.1. The Morgan fingerprint density at radius 2 is 2.04 bits per heavy atom. The summed E-state index contributed by atoms with van der Waals surface area (Å²) in [6.07, 6.45) is 0.508. The molecule has 0 saturated carbocycles. The summed E-state index contributed by atoms with van der Waals surface area (Å²) in [6.45, 7) is 6.85. The van der Waals surface area contributed by atoms with Gasteiger partial charge in [-0.3, -0.25) is 9.69 Å². The number of ether oxygens (including phenoxy) is 2. The number of hydrogen-bond donors (Lipinski definition) is 1. The quantitative estimate of drug-likeness (QED) is 0.786. The predicted molar refractivity (Wildman–Crippen MR) is 111 cm³/mol. The van der Waals surface area contributed by atoms with Crippen LogP contribution in [0.5, 0.6) is 5.75 Å². The Bertz CT molecular complexity index is 747. The average molecular weight is 393 g/mol. The number of carbonyl (C=O) groups excluding carboxylic acids is 1. The fourth-order valence-corrected chi connectivity index (χ4v) is 3.49. The Hall–Kier alpha value is -1.82. The third-order valence-corrected chi connectivity index (χ3v) is 5.01. The second-order valence-corrected chi connectivity index (χ2v) is 6.70. The van der Waals surface area contributed by atoms with E-state index in [1.165, 1.54) is 16.3 Å². The van der Waals surface area contributed by atoms with E-state index in [0.29, 0.717) is 13.0 Å². The topological polar surface area (TPSA) is 50.8 Å². The number of methoxy groups -OCH3 is 1. The number of nitrogens with zero attached hydrogens (tertiary/aromatic N) is 1. The highest BCUT2D eigenvalue weighted by Gasteiger charge is 2.21. The van der Waals surface area contributed by atoms with Crippen LogP contribution in [0.3, 0.4) is 0 Å². The van der Waals surface area contributed by atoms with Gasteiger partial charge in [0.1, 0.15) is 5.75 Å². The number of nitrogens with one attached hydrogen (secondary N) is 1. The molecule has 6 heteroatoms. The van der Waals surface area contributed by atoms with Crippen LogP contribution < -0.4 is 10.1 Å². The highest BCUT2D eigenvalue weighted by Crippen LogP contribution is 2.29. The van der Waals surface area contributed by atoms with Crippen LogP contribution in [-0.4, -0.2) is 57.3 Å². The van der Waals surface area contributed by atoms with Crippen molar-refractivity contribution < 1.29 is 14.3 Å². The number of fused-ring (bicyclic) bond motifs is 1. The number of benzene rings is 2. The molecule has 5 nitrogen and oxygen atoms in total. The molecule has 1 N–H and O–H groups in total. The minimum absolute atomic E-state index is 0. The lowest BCUT2D eigenvalue weighted by molar-refractivity contribution is -0.120. The van der Waals surface area contributed by atoms with E-state index in [1.807, 2.05) is 13.0 Å². The summed E-state index contributed by atoms with van der Waals surface area (Å²) in [5.74, 6) is 1.17. The van der Waals surface area contributed by atoms with Gasteiger partial charge in [-0.1, -0.05) is 31.2 Å². The Morgan fingerprint density at radius 3 is 2.74 bits per heavy atom. The van der Waals surface area contributed by atoms with Crippen LogP contribution in [0.2, 0.25) is 0 Å². The molecule has 1 unspecified atom stereocenters. The first-order valence-electron chi connectivity index (χ1n) is 9.34. The summed E-state index contributed by atoms with van der Waals surface area (Å²) in [7, 11) is 1.69. The van der Waals surface area contributed by atoms with Gasteiger partial charge in [0.05, 0.1) is 20.3 Å². The number of halogens is 1. The van der Waals surface area contributed by atoms with Crippen molar-refractivity contribution in [1.82, 2.24) is 10.2 Å². The van der Waals surface area contributed by atoms with Gasteiger partial charge in [0, 0.05) is 38.5 Å². The van der Waals surface area contributed by atoms with Crippen molar-refractivity contribution in [3.05, 3.63) is 42.0 Å². The zero-order valence-corrected chi connectivity index (χ0v) is 16.9. The molecule has 1 aliphatic rings. The maximum Gasteiger partial charge on any atom is 0.219 e. The summed E-state index contributed by atoms with van der Waals surface area (Å²) in [6, 6.07) is 12.6. The zero-order chi connectivity index (χ0) is 18.4. The lowest BCUT2D eigenvalue weighted by atomic mass is 9.92. The Kier molecular flexibility index (Phi) is 8.35. The third-order valence-electron chi connectivity index (χ3n) is 5.01. The molecule has 148 valence electrons. The van der Waals surface area contributed by atoms with Crippen LogP contribution in [0.1, 0.15) is 24.8 Å². The van der Waals surface area contributed by atoms with E-state index in [2.05, 4.69) is 40.5 Å². The van der Waals surface area contributed by atoms with Gasteiger partial charge in [-0.15, -0.1) is 12.4 Å². The molecular formula is C21H29ClN2O3. The third kappa shape index (κ3) is 5.58. The Morgan fingerprint density at radius 1 is 1.26 bits per heavy atom. The van der Waals surface area contributed by atoms with Gasteiger partial charge >= 0.3 is 0 Å². The molecule has 1 amide bonds. The molecule has 0 aliphatic carbocycles. The largest absolute Gasteiger partial charge is 0.497 e. The van der Waals surface area contributed by atoms with Crippen molar-refractivity contribution in [3.63, 3.8) is 0 Å². The maximum absolute atomic E-state index is 11.8. The van der Waals surface area contributed by atoms with Crippen molar-refractivity contribution in [3.8, 4) is 5.75 Å². The van der Waals surface area contributed by atoms with Gasteiger partial charge in [0.2, 0.25) is 5.91 Å². The van der Waals surface area contributed by atoms with Crippen LogP contribution >= 0.6 is 12.4 Å². The monoisotopic (exact) mass is 392 g/mol. The van der Waals surface area contributed by atoms with Gasteiger partial charge < -0.3 is 14.8 Å². The van der Waals surface area contributed by atoms with Gasteiger partial charge in [0.25, 0.3) is 0 Å². The summed E-state index contributed by atoms with van der Waals surface area (Å²) < 4.78 is 10.9. The van der Waals surface area contributed by atoms with E-state index < -0.39 is 0 Å². The highest BCUT2D eigenvalue weighted by atomic mass is 35.5. The molecule has 0 radical (unpaired) electrons. The number of hydrogen-bond acceptors (Lipinski definition) is 4. The first kappa shape index (κ1) is 21.5. The summed E-state index contributed by atoms with van der Waals surface area (Å²) in [5, 5.41) is 5.47. The summed E-state index contributed by atoms with van der Waals surface area (Å²) in [5.41, 5.74) is 1.25. The van der Waals surface area contributed by atoms with Crippen molar-refractivity contribution in [2.75, 3.05) is 46.5 Å². The second kappa shape index (κ2) is 10.5. The smallest absolute Gasteiger partial charge is 0.219 e. The van der Waals surface area contributed by atoms with Crippen molar-refractivity contribution >= 4 is 29.1 Å². The van der Waals surface area contributed by atoms with E-state index in [9.17, 15) is 4.79 Å². The van der Waals surface area contributed by atoms with Crippen LogP contribution in [0.25, 0.3) is 10.8 Å². The van der Waals surface area contributed by atoms with Crippen LogP contribution in [-0.2, 0) is 9.53 Å². The summed E-state index contributed by atoms with van der Waals surface area (Å²) >= 11 is 0. The van der Waals surface area contributed by atoms with Crippen LogP contribution in [0.4, 0.5) is 0 Å². The van der Waals surface area contributed by atoms with Crippen LogP contribution in [0.15, 0.2) is 36.4 Å². The first-order chi connectivity index (χ1) is 12.7. The van der Waals surface area contributed by atoms with E-state index in [-0.39, 0.29) is 24.2 Å². The van der Waals surface area contributed by atoms with Crippen molar-refractivity contribution in [2.24, 2.45) is 0 Å². The number of carbonyl (C=O) groups is 1. The SMILES string of the molecule is CCC(=O)NCC(CN1CCOCC1)c1cccc2ccc(OC)cc12.Cl. The molecule has 1 saturated heterocycles. The fraction of sp³-hybridized carbons (Fsp3) is 0.476. The first-order valence-corrected chi connectivity index (χ1v) is 9.34. The number of morpholine rings is 1. The molecule has 1 atom stereocenters. The maximum atomic E-state index is 11.8. The molecule has 0 aromatic heterocycles. The van der Waals surface area contributed by atoms with Crippen molar-refractivity contribution in [2.45, 2.75) is 19.3 Å². The van der Waals surface area contributed by atoms with Gasteiger partial charge in [0.15, 0.2) is 0 Å². The van der Waals surface area contributed by atoms with E-state index in [1.54, 1.807) is 7.11 Å². The summed E-state index contributed by atoms with van der Waals surface area (Å²) in [4.78, 5) is 14.3. The molecule has 1 heterocycles. The lowest BCUT2D eigenvalue weighted by Crippen LogP contribution is -2.41. The molecular weight excluding hydrogens is 364 g/mol. The van der Waals surface area contributed by atoms with E-state index >= 15 is 0 Å². The molecule has 27 heavy (non-hydrogen) atoms. The second-order valence-electron chi connectivity index (χ2n) is 6.70. The molecule has 0 bridgehead atoms. The molecule has 2 aromatic rings. The Labute approximate surface area is 167 Å². The molecule has 1 fully saturated rings. The molecule has 2 aromatic carbocycles. The fourth-order valence-electron chi connectivity index (χ4n) is 3.49. The number of amides is 1. The average Bonchev–Trinajstić information content (AvgIpc) is 2.70. The molecule has 3 rings (SSSR count). The van der Waals surface area contributed by atoms with E-state index in [4.69, 9.17) is 9.47 Å². The van der Waals surface area contributed by atoms with Gasteiger partial charge in [-0.2, -0.15) is 0 Å². The Balaban J connectivity index is 0.00000261. The van der Waals surface area contributed by atoms with Crippen molar-refractivity contribution in [1.29, 1.82) is 0 Å². The normalized spacial score (nSPS) is 15.8. The molecule has 0 spiro atoms. The van der Waals surface area contributed by atoms with Gasteiger partial charge in [-0.25, -0.2) is 0 Å². The highest BCUT2D eigenvalue weighted by molar-refractivity contribution is 5.87.